The summed E-state index contributed by atoms with van der Waals surface area (Å²) in [7, 11) is 0. The van der Waals surface area contributed by atoms with Gasteiger partial charge in [0.05, 0.1) is 6.54 Å². The van der Waals surface area contributed by atoms with Crippen molar-refractivity contribution in [1.29, 1.82) is 0 Å². The molecule has 0 aromatic heterocycles. The normalized spacial score (nSPS) is 19.5. The van der Waals surface area contributed by atoms with Crippen molar-refractivity contribution in [3.8, 4) is 0 Å². The van der Waals surface area contributed by atoms with E-state index in [2.05, 4.69) is 19.2 Å². The Morgan fingerprint density at radius 1 is 1.41 bits per heavy atom. The van der Waals surface area contributed by atoms with Crippen LogP contribution >= 0.6 is 11.6 Å². The van der Waals surface area contributed by atoms with Gasteiger partial charge in [0.2, 0.25) is 5.91 Å². The standard InChI is InChI=1S/C13H17ClN2O/c1-9-10(14)5-4-6-11(9)16-8-13(2,3)15-7-12(16)17/h4-6,15H,7-8H2,1-3H3. The molecule has 0 atom stereocenters. The molecule has 2 rings (SSSR count). The minimum absolute atomic E-state index is 0.0668. The summed E-state index contributed by atoms with van der Waals surface area (Å²) in [6, 6.07) is 5.67. The maximum Gasteiger partial charge on any atom is 0.241 e. The van der Waals surface area contributed by atoms with Gasteiger partial charge in [0.25, 0.3) is 0 Å². The average Bonchev–Trinajstić information content (AvgIpc) is 2.26. The van der Waals surface area contributed by atoms with Gasteiger partial charge < -0.3 is 10.2 Å². The molecule has 0 unspecified atom stereocenters. The van der Waals surface area contributed by atoms with Gasteiger partial charge in [0, 0.05) is 22.8 Å². The molecule has 0 aliphatic carbocycles. The van der Waals surface area contributed by atoms with Crippen molar-refractivity contribution in [1.82, 2.24) is 5.32 Å². The van der Waals surface area contributed by atoms with Crippen molar-refractivity contribution in [3.63, 3.8) is 0 Å². The first-order valence-electron chi connectivity index (χ1n) is 5.71. The number of hydrogen-bond acceptors (Lipinski definition) is 2. The summed E-state index contributed by atoms with van der Waals surface area (Å²) in [6.07, 6.45) is 0. The highest BCUT2D eigenvalue weighted by atomic mass is 35.5. The summed E-state index contributed by atoms with van der Waals surface area (Å²) >= 11 is 6.10. The third-order valence-electron chi connectivity index (χ3n) is 3.10. The summed E-state index contributed by atoms with van der Waals surface area (Å²) in [5, 5.41) is 3.92. The van der Waals surface area contributed by atoms with Crippen molar-refractivity contribution < 1.29 is 4.79 Å². The van der Waals surface area contributed by atoms with Crippen molar-refractivity contribution in [2.75, 3.05) is 18.0 Å². The molecule has 1 aliphatic rings. The zero-order valence-corrected chi connectivity index (χ0v) is 11.1. The van der Waals surface area contributed by atoms with E-state index < -0.39 is 0 Å². The van der Waals surface area contributed by atoms with Gasteiger partial charge in [-0.05, 0) is 38.5 Å². The fourth-order valence-corrected chi connectivity index (χ4v) is 2.23. The lowest BCUT2D eigenvalue weighted by atomic mass is 10.0. The molecule has 0 bridgehead atoms. The van der Waals surface area contributed by atoms with Crippen molar-refractivity contribution in [3.05, 3.63) is 28.8 Å². The molecule has 1 amide bonds. The van der Waals surface area contributed by atoms with Crippen molar-refractivity contribution in [2.45, 2.75) is 26.3 Å². The molecule has 0 radical (unpaired) electrons. The van der Waals surface area contributed by atoms with E-state index in [0.29, 0.717) is 18.1 Å². The zero-order chi connectivity index (χ0) is 12.6. The topological polar surface area (TPSA) is 32.3 Å². The Morgan fingerprint density at radius 3 is 2.82 bits per heavy atom. The minimum Gasteiger partial charge on any atom is -0.309 e. The Kier molecular flexibility index (Phi) is 3.15. The first-order chi connectivity index (χ1) is 7.91. The van der Waals surface area contributed by atoms with Crippen LogP contribution in [0.15, 0.2) is 18.2 Å². The van der Waals surface area contributed by atoms with Crippen molar-refractivity contribution >= 4 is 23.2 Å². The summed E-state index contributed by atoms with van der Waals surface area (Å²) in [6.45, 7) is 7.16. The van der Waals surface area contributed by atoms with Gasteiger partial charge in [-0.3, -0.25) is 4.79 Å². The lowest BCUT2D eigenvalue weighted by molar-refractivity contribution is -0.119. The minimum atomic E-state index is -0.0668. The van der Waals surface area contributed by atoms with Crippen LogP contribution in [-0.4, -0.2) is 24.5 Å². The number of benzene rings is 1. The van der Waals surface area contributed by atoms with Crippen LogP contribution in [0, 0.1) is 6.92 Å². The van der Waals surface area contributed by atoms with E-state index in [9.17, 15) is 4.79 Å². The Bertz CT molecular complexity index is 457. The van der Waals surface area contributed by atoms with Crippen LogP contribution in [0.1, 0.15) is 19.4 Å². The predicted molar refractivity (Wildman–Crippen MR) is 70.6 cm³/mol. The van der Waals surface area contributed by atoms with Crippen LogP contribution in [0.2, 0.25) is 5.02 Å². The fraction of sp³-hybridized carbons (Fsp3) is 0.462. The van der Waals surface area contributed by atoms with E-state index in [-0.39, 0.29) is 11.4 Å². The predicted octanol–water partition coefficient (Wildman–Crippen LogP) is 2.36. The van der Waals surface area contributed by atoms with E-state index in [4.69, 9.17) is 11.6 Å². The van der Waals surface area contributed by atoms with Gasteiger partial charge >= 0.3 is 0 Å². The van der Waals surface area contributed by atoms with Crippen molar-refractivity contribution in [2.24, 2.45) is 0 Å². The van der Waals surface area contributed by atoms with E-state index in [1.807, 2.05) is 30.0 Å². The molecule has 1 saturated heterocycles. The quantitative estimate of drug-likeness (QED) is 0.832. The molecule has 92 valence electrons. The highest BCUT2D eigenvalue weighted by molar-refractivity contribution is 6.31. The summed E-state index contributed by atoms with van der Waals surface area (Å²) < 4.78 is 0. The monoisotopic (exact) mass is 252 g/mol. The average molecular weight is 253 g/mol. The van der Waals surface area contributed by atoms with E-state index >= 15 is 0 Å². The van der Waals surface area contributed by atoms with Gasteiger partial charge in [-0.15, -0.1) is 0 Å². The molecule has 0 saturated carbocycles. The van der Waals surface area contributed by atoms with Crippen LogP contribution < -0.4 is 10.2 Å². The van der Waals surface area contributed by atoms with Gasteiger partial charge in [0.1, 0.15) is 0 Å². The largest absolute Gasteiger partial charge is 0.309 e. The highest BCUT2D eigenvalue weighted by Gasteiger charge is 2.32. The second-order valence-corrected chi connectivity index (χ2v) is 5.51. The zero-order valence-electron chi connectivity index (χ0n) is 10.4. The van der Waals surface area contributed by atoms with E-state index in [1.165, 1.54) is 0 Å². The van der Waals surface area contributed by atoms with Crippen LogP contribution in [0.5, 0.6) is 0 Å². The second-order valence-electron chi connectivity index (χ2n) is 5.10. The molecule has 3 nitrogen and oxygen atoms in total. The fourth-order valence-electron chi connectivity index (χ4n) is 2.06. The number of hydrogen-bond donors (Lipinski definition) is 1. The van der Waals surface area contributed by atoms with Gasteiger partial charge in [-0.25, -0.2) is 0 Å². The molecule has 0 spiro atoms. The molecule has 1 heterocycles. The molecular weight excluding hydrogens is 236 g/mol. The first-order valence-corrected chi connectivity index (χ1v) is 6.09. The third-order valence-corrected chi connectivity index (χ3v) is 3.51. The molecule has 17 heavy (non-hydrogen) atoms. The maximum atomic E-state index is 12.0. The highest BCUT2D eigenvalue weighted by Crippen LogP contribution is 2.28. The number of halogens is 1. The number of carbonyl (C=O) groups excluding carboxylic acids is 1. The molecule has 1 aromatic rings. The summed E-state index contributed by atoms with van der Waals surface area (Å²) in [5.74, 6) is 0.0923. The SMILES string of the molecule is Cc1c(Cl)cccc1N1CC(C)(C)NCC1=O. The number of rotatable bonds is 1. The molecule has 1 aromatic carbocycles. The van der Waals surface area contributed by atoms with Crippen LogP contribution in [0.25, 0.3) is 0 Å². The molecule has 1 aliphatic heterocycles. The number of carbonyl (C=O) groups is 1. The summed E-state index contributed by atoms with van der Waals surface area (Å²) in [5.41, 5.74) is 1.81. The molecule has 4 heteroatoms. The lowest BCUT2D eigenvalue weighted by Gasteiger charge is -2.39. The Hall–Kier alpha value is -1.06. The number of nitrogens with one attached hydrogen (secondary N) is 1. The Labute approximate surface area is 107 Å². The van der Waals surface area contributed by atoms with E-state index in [0.717, 1.165) is 11.3 Å². The molecule has 1 fully saturated rings. The van der Waals surface area contributed by atoms with Gasteiger partial charge in [-0.1, -0.05) is 17.7 Å². The van der Waals surface area contributed by atoms with Crippen LogP contribution in [0.3, 0.4) is 0 Å². The second kappa shape index (κ2) is 4.31. The molecule has 1 N–H and O–H groups in total. The van der Waals surface area contributed by atoms with Gasteiger partial charge in [0.15, 0.2) is 0 Å². The van der Waals surface area contributed by atoms with Crippen LogP contribution in [0.4, 0.5) is 5.69 Å². The maximum absolute atomic E-state index is 12.0. The number of nitrogens with zero attached hydrogens (tertiary/aromatic N) is 1. The van der Waals surface area contributed by atoms with Crippen LogP contribution in [-0.2, 0) is 4.79 Å². The number of piperazine rings is 1. The third kappa shape index (κ3) is 2.45. The first kappa shape index (κ1) is 12.4. The smallest absolute Gasteiger partial charge is 0.241 e. The number of amides is 1. The number of anilines is 1. The Morgan fingerprint density at radius 2 is 2.12 bits per heavy atom. The lowest BCUT2D eigenvalue weighted by Crippen LogP contribution is -2.60. The summed E-state index contributed by atoms with van der Waals surface area (Å²) in [4.78, 5) is 13.8. The van der Waals surface area contributed by atoms with E-state index in [1.54, 1.807) is 0 Å². The Balaban J connectivity index is 2.38. The van der Waals surface area contributed by atoms with Gasteiger partial charge in [-0.2, -0.15) is 0 Å². The molecular formula is C13H17ClN2O.